The van der Waals surface area contributed by atoms with Gasteiger partial charge in [0.25, 0.3) is 0 Å². The third kappa shape index (κ3) is 5.23. The van der Waals surface area contributed by atoms with Crippen molar-refractivity contribution in [2.24, 2.45) is 0 Å². The number of aliphatic hydroxyl groups excluding tert-OH is 1. The molecule has 0 saturated carbocycles. The van der Waals surface area contributed by atoms with Crippen molar-refractivity contribution in [3.8, 4) is 0 Å². The molecule has 1 aromatic carbocycles. The van der Waals surface area contributed by atoms with Crippen LogP contribution in [-0.2, 0) is 4.74 Å². The van der Waals surface area contributed by atoms with Crippen molar-refractivity contribution in [1.82, 2.24) is 4.90 Å². The van der Waals surface area contributed by atoms with Crippen molar-refractivity contribution < 1.29 is 14.6 Å². The highest BCUT2D eigenvalue weighted by atomic mass is 16.5. The summed E-state index contributed by atoms with van der Waals surface area (Å²) in [5, 5.41) is 8.75. The Balaban J connectivity index is 1.71. The van der Waals surface area contributed by atoms with Gasteiger partial charge in [-0.25, -0.2) is 0 Å². The highest BCUT2D eigenvalue weighted by molar-refractivity contribution is 5.96. The molecule has 21 heavy (non-hydrogen) atoms. The molecule has 0 amide bonds. The van der Waals surface area contributed by atoms with Crippen LogP contribution >= 0.6 is 0 Å². The Hall–Kier alpha value is -1.23. The number of benzene rings is 1. The fourth-order valence-electron chi connectivity index (χ4n) is 2.74. The lowest BCUT2D eigenvalue weighted by molar-refractivity contribution is -0.00760. The van der Waals surface area contributed by atoms with Gasteiger partial charge in [-0.2, -0.15) is 0 Å². The minimum Gasteiger partial charge on any atom is -0.394 e. The van der Waals surface area contributed by atoms with Crippen molar-refractivity contribution in [3.63, 3.8) is 0 Å². The number of likely N-dealkylation sites (tertiary alicyclic amines) is 1. The first-order valence-corrected chi connectivity index (χ1v) is 7.73. The lowest BCUT2D eigenvalue weighted by atomic mass is 10.0. The average Bonchev–Trinajstić information content (AvgIpc) is 2.51. The first-order valence-electron chi connectivity index (χ1n) is 7.73. The molecule has 1 aliphatic heterocycles. The normalized spacial score (nSPS) is 17.0. The van der Waals surface area contributed by atoms with E-state index in [2.05, 4.69) is 4.90 Å². The van der Waals surface area contributed by atoms with E-state index in [0.29, 0.717) is 13.0 Å². The third-order valence-corrected chi connectivity index (χ3v) is 3.97. The summed E-state index contributed by atoms with van der Waals surface area (Å²) in [6, 6.07) is 7.79. The minimum absolute atomic E-state index is 0.0885. The topological polar surface area (TPSA) is 49.8 Å². The Morgan fingerprint density at radius 2 is 2.14 bits per heavy atom. The molecule has 0 radical (unpaired) electrons. The number of ether oxygens (including phenoxy) is 1. The molecule has 0 unspecified atom stereocenters. The number of hydrogen-bond acceptors (Lipinski definition) is 4. The SMILES string of the molecule is Cc1cccc(C(=O)CCN2CCC(OCCO)CC2)c1. The van der Waals surface area contributed by atoms with Crippen LogP contribution in [0.2, 0.25) is 0 Å². The van der Waals surface area contributed by atoms with Gasteiger partial charge < -0.3 is 14.7 Å². The molecule has 0 aliphatic carbocycles. The summed E-state index contributed by atoms with van der Waals surface area (Å²) in [6.07, 6.45) is 2.81. The van der Waals surface area contributed by atoms with Crippen molar-refractivity contribution in [2.45, 2.75) is 32.3 Å². The zero-order chi connectivity index (χ0) is 15.1. The molecular formula is C17H25NO3. The molecule has 0 atom stereocenters. The Bertz CT molecular complexity index is 453. The summed E-state index contributed by atoms with van der Waals surface area (Å²) in [5.74, 6) is 0.220. The molecule has 2 rings (SSSR count). The van der Waals surface area contributed by atoms with Crippen LogP contribution in [0.1, 0.15) is 35.2 Å². The van der Waals surface area contributed by atoms with E-state index in [1.165, 1.54) is 0 Å². The zero-order valence-electron chi connectivity index (χ0n) is 12.8. The summed E-state index contributed by atoms with van der Waals surface area (Å²) in [6.45, 7) is 5.28. The van der Waals surface area contributed by atoms with Gasteiger partial charge in [0, 0.05) is 31.6 Å². The largest absolute Gasteiger partial charge is 0.394 e. The van der Waals surface area contributed by atoms with Gasteiger partial charge in [0.2, 0.25) is 0 Å². The summed E-state index contributed by atoms with van der Waals surface area (Å²) >= 11 is 0. The summed E-state index contributed by atoms with van der Waals surface area (Å²) < 4.78 is 5.54. The number of carbonyl (C=O) groups is 1. The Labute approximate surface area is 126 Å². The maximum atomic E-state index is 12.2. The predicted octanol–water partition coefficient (Wildman–Crippen LogP) is 2.04. The van der Waals surface area contributed by atoms with Crippen LogP contribution in [0.5, 0.6) is 0 Å². The van der Waals surface area contributed by atoms with Gasteiger partial charge in [0.1, 0.15) is 0 Å². The fourth-order valence-corrected chi connectivity index (χ4v) is 2.74. The molecule has 1 aromatic rings. The Kier molecular flexibility index (Phi) is 6.36. The van der Waals surface area contributed by atoms with E-state index in [1.807, 2.05) is 31.2 Å². The molecule has 0 bridgehead atoms. The molecule has 1 fully saturated rings. The molecule has 1 saturated heterocycles. The van der Waals surface area contributed by atoms with Gasteiger partial charge in [-0.15, -0.1) is 0 Å². The van der Waals surface area contributed by atoms with Crippen LogP contribution in [0.15, 0.2) is 24.3 Å². The zero-order valence-corrected chi connectivity index (χ0v) is 12.8. The number of rotatable bonds is 7. The number of piperidine rings is 1. The van der Waals surface area contributed by atoms with Crippen LogP contribution < -0.4 is 0 Å². The molecule has 1 N–H and O–H groups in total. The van der Waals surface area contributed by atoms with E-state index < -0.39 is 0 Å². The highest BCUT2D eigenvalue weighted by Crippen LogP contribution is 2.15. The smallest absolute Gasteiger partial charge is 0.164 e. The quantitative estimate of drug-likeness (QED) is 0.781. The van der Waals surface area contributed by atoms with E-state index in [-0.39, 0.29) is 18.5 Å². The highest BCUT2D eigenvalue weighted by Gasteiger charge is 2.20. The summed E-state index contributed by atoms with van der Waals surface area (Å²) in [4.78, 5) is 14.5. The van der Waals surface area contributed by atoms with Gasteiger partial charge in [-0.05, 0) is 25.8 Å². The molecule has 4 nitrogen and oxygen atoms in total. The van der Waals surface area contributed by atoms with Crippen molar-refractivity contribution in [2.75, 3.05) is 32.8 Å². The van der Waals surface area contributed by atoms with E-state index in [1.54, 1.807) is 0 Å². The van der Waals surface area contributed by atoms with Gasteiger partial charge >= 0.3 is 0 Å². The van der Waals surface area contributed by atoms with Crippen LogP contribution in [0.3, 0.4) is 0 Å². The molecule has 0 spiro atoms. The number of Topliss-reactive ketones (excluding diaryl/α,β-unsaturated/α-hetero) is 1. The van der Waals surface area contributed by atoms with Crippen molar-refractivity contribution >= 4 is 5.78 Å². The number of ketones is 1. The second kappa shape index (κ2) is 8.27. The van der Waals surface area contributed by atoms with Crippen LogP contribution in [0.4, 0.5) is 0 Å². The molecule has 1 heterocycles. The van der Waals surface area contributed by atoms with Crippen molar-refractivity contribution in [3.05, 3.63) is 35.4 Å². The van der Waals surface area contributed by atoms with Crippen molar-refractivity contribution in [1.29, 1.82) is 0 Å². The minimum atomic E-state index is 0.0885. The van der Waals surface area contributed by atoms with E-state index in [0.717, 1.165) is 43.6 Å². The molecular weight excluding hydrogens is 266 g/mol. The fraction of sp³-hybridized carbons (Fsp3) is 0.588. The molecule has 4 heteroatoms. The Morgan fingerprint density at radius 1 is 1.38 bits per heavy atom. The standard InChI is InChI=1S/C17H25NO3/c1-14-3-2-4-15(13-14)17(20)7-10-18-8-5-16(6-9-18)21-12-11-19/h2-4,13,16,19H,5-12H2,1H3. The van der Waals surface area contributed by atoms with Crippen LogP contribution in [0, 0.1) is 6.92 Å². The third-order valence-electron chi connectivity index (χ3n) is 3.97. The maximum Gasteiger partial charge on any atom is 0.164 e. The summed E-state index contributed by atoms with van der Waals surface area (Å²) in [5.41, 5.74) is 1.94. The second-order valence-corrected chi connectivity index (χ2v) is 5.68. The van der Waals surface area contributed by atoms with E-state index in [4.69, 9.17) is 9.84 Å². The van der Waals surface area contributed by atoms with Gasteiger partial charge in [0.15, 0.2) is 5.78 Å². The van der Waals surface area contributed by atoms with Gasteiger partial charge in [0.05, 0.1) is 19.3 Å². The molecule has 116 valence electrons. The second-order valence-electron chi connectivity index (χ2n) is 5.68. The number of aliphatic hydroxyl groups is 1. The molecule has 0 aromatic heterocycles. The van der Waals surface area contributed by atoms with Gasteiger partial charge in [-0.1, -0.05) is 23.8 Å². The number of carbonyl (C=O) groups excluding carboxylic acids is 1. The maximum absolute atomic E-state index is 12.2. The van der Waals surface area contributed by atoms with Crippen LogP contribution in [-0.4, -0.2) is 54.7 Å². The predicted molar refractivity (Wildman–Crippen MR) is 82.6 cm³/mol. The first kappa shape index (κ1) is 16.1. The Morgan fingerprint density at radius 3 is 2.81 bits per heavy atom. The first-order chi connectivity index (χ1) is 10.2. The lowest BCUT2D eigenvalue weighted by Crippen LogP contribution is -2.38. The van der Waals surface area contributed by atoms with E-state index in [9.17, 15) is 4.79 Å². The number of hydrogen-bond donors (Lipinski definition) is 1. The van der Waals surface area contributed by atoms with Crippen LogP contribution in [0.25, 0.3) is 0 Å². The number of nitrogens with zero attached hydrogens (tertiary/aromatic N) is 1. The van der Waals surface area contributed by atoms with Gasteiger partial charge in [-0.3, -0.25) is 4.79 Å². The van der Waals surface area contributed by atoms with E-state index >= 15 is 0 Å². The lowest BCUT2D eigenvalue weighted by Gasteiger charge is -2.31. The molecule has 1 aliphatic rings. The average molecular weight is 291 g/mol. The summed E-state index contributed by atoms with van der Waals surface area (Å²) in [7, 11) is 0. The monoisotopic (exact) mass is 291 g/mol. The number of aryl methyl sites for hydroxylation is 1.